The van der Waals surface area contributed by atoms with Gasteiger partial charge in [-0.15, -0.1) is 0 Å². The third kappa shape index (κ3) is 1.78. The molecule has 0 aromatic heterocycles. The molecule has 1 aliphatic heterocycles. The van der Waals surface area contributed by atoms with Gasteiger partial charge in [0.1, 0.15) is 0 Å². The molecule has 0 aromatic rings. The Morgan fingerprint density at radius 3 is 2.23 bits per heavy atom. The van der Waals surface area contributed by atoms with Gasteiger partial charge in [-0.05, 0) is 0 Å². The fraction of sp³-hybridized carbons (Fsp3) is 0.800. The number of aliphatic carboxylic acids is 1. The van der Waals surface area contributed by atoms with E-state index in [9.17, 15) is 22.0 Å². The van der Waals surface area contributed by atoms with Gasteiger partial charge in [-0.2, -0.15) is 13.1 Å². The molecular weight excluding hydrogens is 208 g/mol. The Kier molecular flexibility index (Phi) is 2.53. The maximum absolute atomic E-state index is 11.8. The van der Waals surface area contributed by atoms with E-state index in [1.54, 1.807) is 0 Å². The molecule has 1 rings (SSSR count). The number of halogens is 2. The SMILES string of the molecule is O=C(O)C1CN(S(=O)(=O)C(F)F)C1. The third-order valence-corrected chi connectivity index (χ3v) is 3.25. The molecule has 0 bridgehead atoms. The molecule has 13 heavy (non-hydrogen) atoms. The first-order chi connectivity index (χ1) is 5.85. The highest BCUT2D eigenvalue weighted by Crippen LogP contribution is 2.23. The van der Waals surface area contributed by atoms with Crippen LogP contribution in [0.15, 0.2) is 0 Å². The van der Waals surface area contributed by atoms with Gasteiger partial charge < -0.3 is 5.11 Å². The Bertz CT molecular complexity index is 308. The standard InChI is InChI=1S/C5H7F2NO4S/c6-5(7)13(11,12)8-1-3(2-8)4(9)10/h3,5H,1-2H2,(H,9,10). The van der Waals surface area contributed by atoms with Crippen molar-refractivity contribution < 1.29 is 27.1 Å². The molecule has 0 spiro atoms. The molecule has 1 N–H and O–H groups in total. The van der Waals surface area contributed by atoms with Crippen LogP contribution in [-0.4, -0.2) is 42.6 Å². The van der Waals surface area contributed by atoms with Crippen molar-refractivity contribution in [3.05, 3.63) is 0 Å². The molecule has 1 heterocycles. The van der Waals surface area contributed by atoms with Crippen LogP contribution in [0.4, 0.5) is 8.78 Å². The number of rotatable bonds is 3. The summed E-state index contributed by atoms with van der Waals surface area (Å²) < 4.78 is 45.5. The van der Waals surface area contributed by atoms with Gasteiger partial charge in [0.05, 0.1) is 5.92 Å². The molecule has 0 radical (unpaired) electrons. The van der Waals surface area contributed by atoms with E-state index < -0.39 is 27.7 Å². The minimum absolute atomic E-state index is 0.359. The van der Waals surface area contributed by atoms with E-state index in [0.29, 0.717) is 4.31 Å². The lowest BCUT2D eigenvalue weighted by Crippen LogP contribution is -2.54. The topological polar surface area (TPSA) is 74.7 Å². The van der Waals surface area contributed by atoms with Crippen LogP contribution in [0.3, 0.4) is 0 Å². The van der Waals surface area contributed by atoms with Crippen LogP contribution in [0, 0.1) is 5.92 Å². The van der Waals surface area contributed by atoms with E-state index in [1.165, 1.54) is 0 Å². The van der Waals surface area contributed by atoms with Gasteiger partial charge in [-0.1, -0.05) is 0 Å². The van der Waals surface area contributed by atoms with Gasteiger partial charge in [0.2, 0.25) is 0 Å². The quantitative estimate of drug-likeness (QED) is 0.692. The zero-order valence-electron chi connectivity index (χ0n) is 6.35. The molecule has 0 aliphatic carbocycles. The van der Waals surface area contributed by atoms with Crippen molar-refractivity contribution >= 4 is 16.0 Å². The maximum Gasteiger partial charge on any atom is 0.350 e. The molecule has 0 saturated carbocycles. The first-order valence-electron chi connectivity index (χ1n) is 3.35. The van der Waals surface area contributed by atoms with Crippen LogP contribution in [0.1, 0.15) is 0 Å². The number of carboxylic acid groups (broad SMARTS) is 1. The zero-order chi connectivity index (χ0) is 10.2. The molecule has 5 nitrogen and oxygen atoms in total. The number of nitrogens with zero attached hydrogens (tertiary/aromatic N) is 1. The average molecular weight is 215 g/mol. The fourth-order valence-electron chi connectivity index (χ4n) is 0.915. The van der Waals surface area contributed by atoms with E-state index in [1.807, 2.05) is 0 Å². The number of carbonyl (C=O) groups is 1. The van der Waals surface area contributed by atoms with Crippen molar-refractivity contribution in [2.45, 2.75) is 5.76 Å². The smallest absolute Gasteiger partial charge is 0.350 e. The first kappa shape index (κ1) is 10.3. The number of sulfonamides is 1. The molecule has 1 aliphatic rings. The van der Waals surface area contributed by atoms with Crippen LogP contribution in [-0.2, 0) is 14.8 Å². The number of hydrogen-bond acceptors (Lipinski definition) is 3. The molecule has 1 saturated heterocycles. The molecular formula is C5H7F2NO4S. The minimum atomic E-state index is -4.57. The normalized spacial score (nSPS) is 20.2. The average Bonchev–Trinajstić information content (AvgIpc) is 1.80. The second-order valence-electron chi connectivity index (χ2n) is 2.66. The summed E-state index contributed by atoms with van der Waals surface area (Å²) in [7, 11) is -4.57. The summed E-state index contributed by atoms with van der Waals surface area (Å²) in [6.45, 7) is -0.718. The van der Waals surface area contributed by atoms with Crippen LogP contribution in [0.2, 0.25) is 0 Å². The van der Waals surface area contributed by atoms with Gasteiger partial charge in [-0.3, -0.25) is 4.79 Å². The number of carboxylic acids is 1. The molecule has 0 unspecified atom stereocenters. The first-order valence-corrected chi connectivity index (χ1v) is 4.86. The highest BCUT2D eigenvalue weighted by atomic mass is 32.2. The lowest BCUT2D eigenvalue weighted by Gasteiger charge is -2.34. The number of hydrogen-bond donors (Lipinski definition) is 1. The van der Waals surface area contributed by atoms with Crippen molar-refractivity contribution in [1.82, 2.24) is 4.31 Å². The molecule has 76 valence electrons. The second kappa shape index (κ2) is 3.18. The Morgan fingerprint density at radius 2 is 1.92 bits per heavy atom. The van der Waals surface area contributed by atoms with Crippen molar-refractivity contribution in [2.24, 2.45) is 5.92 Å². The zero-order valence-corrected chi connectivity index (χ0v) is 7.17. The molecule has 0 aromatic carbocycles. The van der Waals surface area contributed by atoms with Crippen LogP contribution in [0.5, 0.6) is 0 Å². The molecule has 8 heteroatoms. The van der Waals surface area contributed by atoms with Crippen molar-refractivity contribution in [3.8, 4) is 0 Å². The van der Waals surface area contributed by atoms with E-state index in [2.05, 4.69) is 0 Å². The summed E-state index contributed by atoms with van der Waals surface area (Å²) in [6, 6.07) is 0. The van der Waals surface area contributed by atoms with Crippen LogP contribution in [0.25, 0.3) is 0 Å². The highest BCUT2D eigenvalue weighted by Gasteiger charge is 2.43. The Labute approximate surface area is 73.0 Å². The summed E-state index contributed by atoms with van der Waals surface area (Å²) in [5, 5.41) is 8.35. The lowest BCUT2D eigenvalue weighted by molar-refractivity contribution is -0.145. The maximum atomic E-state index is 11.8. The monoisotopic (exact) mass is 215 g/mol. The van der Waals surface area contributed by atoms with Gasteiger partial charge >= 0.3 is 11.7 Å². The molecule has 1 fully saturated rings. The second-order valence-corrected chi connectivity index (χ2v) is 4.56. The predicted molar refractivity (Wildman–Crippen MR) is 37.6 cm³/mol. The van der Waals surface area contributed by atoms with Gasteiger partial charge in [-0.25, -0.2) is 8.42 Å². The summed E-state index contributed by atoms with van der Waals surface area (Å²) >= 11 is 0. The minimum Gasteiger partial charge on any atom is -0.481 e. The van der Waals surface area contributed by atoms with E-state index in [4.69, 9.17) is 5.11 Å². The Hall–Kier alpha value is -0.760. The van der Waals surface area contributed by atoms with Gasteiger partial charge in [0.25, 0.3) is 10.0 Å². The third-order valence-electron chi connectivity index (χ3n) is 1.78. The number of alkyl halides is 2. The van der Waals surface area contributed by atoms with Crippen molar-refractivity contribution in [3.63, 3.8) is 0 Å². The van der Waals surface area contributed by atoms with E-state index in [0.717, 1.165) is 0 Å². The van der Waals surface area contributed by atoms with E-state index >= 15 is 0 Å². The summed E-state index contributed by atoms with van der Waals surface area (Å²) in [4.78, 5) is 10.2. The van der Waals surface area contributed by atoms with E-state index in [-0.39, 0.29) is 13.1 Å². The Morgan fingerprint density at radius 1 is 1.46 bits per heavy atom. The summed E-state index contributed by atoms with van der Waals surface area (Å²) in [6.07, 6.45) is 0. The predicted octanol–water partition coefficient (Wildman–Crippen LogP) is -0.445. The summed E-state index contributed by atoms with van der Waals surface area (Å²) in [5.41, 5.74) is 0. The van der Waals surface area contributed by atoms with Crippen LogP contribution < -0.4 is 0 Å². The fourth-order valence-corrected chi connectivity index (χ4v) is 1.92. The van der Waals surface area contributed by atoms with Gasteiger partial charge in [0, 0.05) is 13.1 Å². The lowest BCUT2D eigenvalue weighted by atomic mass is 10.0. The Balaban J connectivity index is 2.58. The highest BCUT2D eigenvalue weighted by molar-refractivity contribution is 7.89. The largest absolute Gasteiger partial charge is 0.481 e. The van der Waals surface area contributed by atoms with Gasteiger partial charge in [0.15, 0.2) is 0 Å². The molecule has 0 atom stereocenters. The summed E-state index contributed by atoms with van der Waals surface area (Å²) in [5.74, 6) is -5.49. The molecule has 0 amide bonds. The van der Waals surface area contributed by atoms with Crippen molar-refractivity contribution in [2.75, 3.05) is 13.1 Å². The van der Waals surface area contributed by atoms with Crippen LogP contribution >= 0.6 is 0 Å². The van der Waals surface area contributed by atoms with Crippen molar-refractivity contribution in [1.29, 1.82) is 0 Å².